The van der Waals surface area contributed by atoms with Crippen LogP contribution in [0.4, 0.5) is 0 Å². The Hall–Kier alpha value is -1.90. The largest absolute Gasteiger partial charge is 0.463 e. The highest BCUT2D eigenvalue weighted by atomic mass is 16.5. The van der Waals surface area contributed by atoms with Crippen molar-refractivity contribution in [2.45, 2.75) is 13.8 Å². The predicted octanol–water partition coefficient (Wildman–Crippen LogP) is 2.38. The van der Waals surface area contributed by atoms with E-state index in [0.29, 0.717) is 17.7 Å². The second-order valence-corrected chi connectivity index (χ2v) is 3.28. The van der Waals surface area contributed by atoms with E-state index in [1.54, 1.807) is 38.1 Å². The van der Waals surface area contributed by atoms with E-state index in [-0.39, 0.29) is 5.78 Å². The van der Waals surface area contributed by atoms with E-state index in [0.717, 1.165) is 0 Å². The zero-order valence-electron chi connectivity index (χ0n) is 9.40. The number of esters is 1. The van der Waals surface area contributed by atoms with Crippen LogP contribution in [0.25, 0.3) is 0 Å². The summed E-state index contributed by atoms with van der Waals surface area (Å²) in [5.74, 6) is -0.641. The fourth-order valence-corrected chi connectivity index (χ4v) is 1.19. The molecule has 0 aliphatic heterocycles. The summed E-state index contributed by atoms with van der Waals surface area (Å²) in [5, 5.41) is 0. The Morgan fingerprint density at radius 1 is 1.25 bits per heavy atom. The summed E-state index contributed by atoms with van der Waals surface area (Å²) < 4.78 is 4.78. The zero-order valence-corrected chi connectivity index (χ0v) is 9.40. The number of ether oxygens (including phenoxy) is 1. The van der Waals surface area contributed by atoms with Crippen LogP contribution < -0.4 is 0 Å². The van der Waals surface area contributed by atoms with E-state index >= 15 is 0 Å². The van der Waals surface area contributed by atoms with Gasteiger partial charge >= 0.3 is 5.97 Å². The maximum atomic E-state index is 11.7. The minimum Gasteiger partial charge on any atom is -0.463 e. The van der Waals surface area contributed by atoms with E-state index in [1.165, 1.54) is 6.08 Å². The van der Waals surface area contributed by atoms with Crippen molar-refractivity contribution in [2.24, 2.45) is 0 Å². The number of hydrogen-bond acceptors (Lipinski definition) is 3. The molecule has 0 unspecified atom stereocenters. The summed E-state index contributed by atoms with van der Waals surface area (Å²) in [4.78, 5) is 22.9. The van der Waals surface area contributed by atoms with Gasteiger partial charge < -0.3 is 4.74 Å². The van der Waals surface area contributed by atoms with Gasteiger partial charge in [-0.25, -0.2) is 4.79 Å². The molecule has 1 aromatic rings. The molecule has 0 heterocycles. The lowest BCUT2D eigenvalue weighted by atomic mass is 10.1. The summed E-state index contributed by atoms with van der Waals surface area (Å²) in [7, 11) is 0. The molecule has 3 nitrogen and oxygen atoms in total. The molecule has 0 saturated carbocycles. The average Bonchev–Trinajstić information content (AvgIpc) is 2.30. The van der Waals surface area contributed by atoms with Gasteiger partial charge in [-0.15, -0.1) is 0 Å². The van der Waals surface area contributed by atoms with Crippen LogP contribution in [0.1, 0.15) is 24.2 Å². The normalized spacial score (nSPS) is 11.0. The van der Waals surface area contributed by atoms with Gasteiger partial charge in [0.1, 0.15) is 0 Å². The third kappa shape index (κ3) is 3.35. The highest BCUT2D eigenvalue weighted by Gasteiger charge is 2.08. The van der Waals surface area contributed by atoms with Crippen LogP contribution >= 0.6 is 0 Å². The number of benzene rings is 1. The third-order valence-corrected chi connectivity index (χ3v) is 2.00. The molecule has 0 fully saturated rings. The summed E-state index contributed by atoms with van der Waals surface area (Å²) >= 11 is 0. The molecule has 0 bridgehead atoms. The van der Waals surface area contributed by atoms with Crippen molar-refractivity contribution >= 4 is 11.8 Å². The molecule has 1 rings (SSSR count). The van der Waals surface area contributed by atoms with E-state index in [1.807, 2.05) is 6.07 Å². The van der Waals surface area contributed by atoms with Crippen LogP contribution in [-0.4, -0.2) is 18.4 Å². The van der Waals surface area contributed by atoms with Gasteiger partial charge in [0, 0.05) is 11.1 Å². The first-order chi connectivity index (χ1) is 7.65. The number of carbonyl (C=O) groups excluding carboxylic acids is 2. The first-order valence-electron chi connectivity index (χ1n) is 5.10. The van der Waals surface area contributed by atoms with Gasteiger partial charge in [-0.05, 0) is 19.9 Å². The van der Waals surface area contributed by atoms with Crippen molar-refractivity contribution in [1.29, 1.82) is 0 Å². The molecule has 0 atom stereocenters. The van der Waals surface area contributed by atoms with Crippen LogP contribution in [0, 0.1) is 0 Å². The molecule has 0 amide bonds. The molecule has 16 heavy (non-hydrogen) atoms. The fraction of sp³-hybridized carbons (Fsp3) is 0.231. The van der Waals surface area contributed by atoms with Crippen molar-refractivity contribution in [1.82, 2.24) is 0 Å². The summed E-state index contributed by atoms with van der Waals surface area (Å²) in [6.45, 7) is 3.60. The Bertz CT molecular complexity index is 404. The predicted molar refractivity (Wildman–Crippen MR) is 61.2 cm³/mol. The Morgan fingerprint density at radius 2 is 1.88 bits per heavy atom. The number of carbonyl (C=O) groups is 2. The highest BCUT2D eigenvalue weighted by molar-refractivity contribution is 6.08. The highest BCUT2D eigenvalue weighted by Crippen LogP contribution is 2.04. The van der Waals surface area contributed by atoms with E-state index in [4.69, 9.17) is 4.74 Å². The second-order valence-electron chi connectivity index (χ2n) is 3.28. The molecule has 1 aromatic carbocycles. The van der Waals surface area contributed by atoms with Gasteiger partial charge in [0.05, 0.1) is 6.61 Å². The van der Waals surface area contributed by atoms with Crippen LogP contribution in [0.3, 0.4) is 0 Å². The SMILES string of the molecule is CCOC(=O)C(C)=CC(=O)c1ccccc1. The Labute approximate surface area is 94.7 Å². The molecule has 0 radical (unpaired) electrons. The Morgan fingerprint density at radius 3 is 2.44 bits per heavy atom. The van der Waals surface area contributed by atoms with Gasteiger partial charge in [0.15, 0.2) is 5.78 Å². The lowest BCUT2D eigenvalue weighted by molar-refractivity contribution is -0.138. The lowest BCUT2D eigenvalue weighted by Crippen LogP contribution is -2.07. The first kappa shape index (κ1) is 12.2. The smallest absolute Gasteiger partial charge is 0.333 e. The number of allylic oxidation sites excluding steroid dienone is 1. The standard InChI is InChI=1S/C13H14O3/c1-3-16-13(15)10(2)9-12(14)11-7-5-4-6-8-11/h4-9H,3H2,1-2H3. The molecule has 84 valence electrons. The maximum Gasteiger partial charge on any atom is 0.333 e. The average molecular weight is 218 g/mol. The van der Waals surface area contributed by atoms with Crippen molar-refractivity contribution in [3.8, 4) is 0 Å². The van der Waals surface area contributed by atoms with E-state index in [2.05, 4.69) is 0 Å². The quantitative estimate of drug-likeness (QED) is 0.442. The number of hydrogen-bond donors (Lipinski definition) is 0. The zero-order chi connectivity index (χ0) is 12.0. The van der Waals surface area contributed by atoms with Gasteiger partial charge in [-0.2, -0.15) is 0 Å². The Balaban J connectivity index is 2.77. The lowest BCUT2D eigenvalue weighted by Gasteiger charge is -2.01. The minimum atomic E-state index is -0.452. The van der Waals surface area contributed by atoms with Crippen LogP contribution in [0.15, 0.2) is 42.0 Å². The van der Waals surface area contributed by atoms with Crippen LogP contribution in [-0.2, 0) is 9.53 Å². The van der Waals surface area contributed by atoms with Crippen molar-refractivity contribution in [3.05, 3.63) is 47.5 Å². The molecular formula is C13H14O3. The van der Waals surface area contributed by atoms with Crippen LogP contribution in [0.5, 0.6) is 0 Å². The number of rotatable bonds is 4. The second kappa shape index (κ2) is 5.85. The molecule has 0 aromatic heterocycles. The number of ketones is 1. The molecule has 0 N–H and O–H groups in total. The molecule has 0 aliphatic rings. The van der Waals surface area contributed by atoms with Crippen molar-refractivity contribution in [2.75, 3.05) is 6.61 Å². The molecule has 0 spiro atoms. The van der Waals surface area contributed by atoms with Gasteiger partial charge in [-0.3, -0.25) is 4.79 Å². The molecular weight excluding hydrogens is 204 g/mol. The topological polar surface area (TPSA) is 43.4 Å². The maximum absolute atomic E-state index is 11.7. The minimum absolute atomic E-state index is 0.189. The van der Waals surface area contributed by atoms with Crippen molar-refractivity contribution < 1.29 is 14.3 Å². The molecule has 0 aliphatic carbocycles. The van der Waals surface area contributed by atoms with Gasteiger partial charge in [0.25, 0.3) is 0 Å². The first-order valence-corrected chi connectivity index (χ1v) is 5.10. The molecule has 3 heteroatoms. The summed E-state index contributed by atoms with van der Waals surface area (Å²) in [6.07, 6.45) is 1.30. The Kier molecular flexibility index (Phi) is 4.45. The van der Waals surface area contributed by atoms with Crippen LogP contribution in [0.2, 0.25) is 0 Å². The van der Waals surface area contributed by atoms with E-state index < -0.39 is 5.97 Å². The monoisotopic (exact) mass is 218 g/mol. The van der Waals surface area contributed by atoms with E-state index in [9.17, 15) is 9.59 Å². The van der Waals surface area contributed by atoms with Gasteiger partial charge in [0.2, 0.25) is 0 Å². The van der Waals surface area contributed by atoms with Gasteiger partial charge in [-0.1, -0.05) is 30.3 Å². The molecule has 0 saturated heterocycles. The fourth-order valence-electron chi connectivity index (χ4n) is 1.19. The third-order valence-electron chi connectivity index (χ3n) is 2.00. The summed E-state index contributed by atoms with van der Waals surface area (Å²) in [6, 6.07) is 8.80. The van der Waals surface area contributed by atoms with Crippen molar-refractivity contribution in [3.63, 3.8) is 0 Å². The summed E-state index contributed by atoms with van der Waals surface area (Å²) in [5.41, 5.74) is 0.877.